The molecular weight excluding hydrogens is 1240 g/mol. The van der Waals surface area contributed by atoms with Crippen LogP contribution in [0.5, 0.6) is 0 Å². The summed E-state index contributed by atoms with van der Waals surface area (Å²) in [5, 5.41) is 24.2. The lowest BCUT2D eigenvalue weighted by atomic mass is 9.76. The van der Waals surface area contributed by atoms with E-state index in [9.17, 15) is 0 Å². The molecule has 1 aliphatic heterocycles. The molecule has 16 aromatic rings. The average Bonchev–Trinajstić information content (AvgIpc) is 0.907. The van der Waals surface area contributed by atoms with Crippen molar-refractivity contribution in [1.29, 1.82) is 0 Å². The molecular formula is C92H80BClO2Si2. The second kappa shape index (κ2) is 25.6. The van der Waals surface area contributed by atoms with E-state index < -0.39 is 16.1 Å². The summed E-state index contributed by atoms with van der Waals surface area (Å²) in [6.07, 6.45) is 0. The van der Waals surface area contributed by atoms with Gasteiger partial charge >= 0.3 is 7.12 Å². The van der Waals surface area contributed by atoms with Gasteiger partial charge in [-0.1, -0.05) is 346 Å². The van der Waals surface area contributed by atoms with Gasteiger partial charge in [0.1, 0.15) is 0 Å². The van der Waals surface area contributed by atoms with Gasteiger partial charge < -0.3 is 9.31 Å². The minimum atomic E-state index is -1.52. The van der Waals surface area contributed by atoms with Gasteiger partial charge in [0, 0.05) is 5.02 Å². The highest BCUT2D eigenvalue weighted by Crippen LogP contribution is 2.49. The van der Waals surface area contributed by atoms with Crippen LogP contribution in [0.3, 0.4) is 0 Å². The van der Waals surface area contributed by atoms with Crippen LogP contribution in [0.1, 0.15) is 27.7 Å². The Morgan fingerprint density at radius 2 is 0.612 bits per heavy atom. The third-order valence-electron chi connectivity index (χ3n) is 20.6. The van der Waals surface area contributed by atoms with Crippen LogP contribution in [0.15, 0.2) is 303 Å². The van der Waals surface area contributed by atoms with Crippen molar-refractivity contribution in [3.8, 4) is 55.6 Å². The van der Waals surface area contributed by atoms with Crippen LogP contribution in [0.2, 0.25) is 44.3 Å². The Labute approximate surface area is 584 Å². The quantitative estimate of drug-likeness (QED) is 0.112. The largest absolute Gasteiger partial charge is 0.495 e. The van der Waals surface area contributed by atoms with Gasteiger partial charge in [0.15, 0.2) is 0 Å². The van der Waals surface area contributed by atoms with Crippen molar-refractivity contribution >= 4 is 137 Å². The van der Waals surface area contributed by atoms with Gasteiger partial charge in [-0.25, -0.2) is 0 Å². The van der Waals surface area contributed by atoms with Crippen molar-refractivity contribution in [2.75, 3.05) is 0 Å². The van der Waals surface area contributed by atoms with Crippen molar-refractivity contribution in [1.82, 2.24) is 0 Å². The van der Waals surface area contributed by atoms with Crippen molar-refractivity contribution in [3.05, 3.63) is 308 Å². The summed E-state index contributed by atoms with van der Waals surface area (Å²) < 4.78 is 12.5. The summed E-state index contributed by atoms with van der Waals surface area (Å²) in [4.78, 5) is 0. The maximum Gasteiger partial charge on any atom is 0.495 e. The van der Waals surface area contributed by atoms with Crippen LogP contribution in [0.25, 0.3) is 142 Å². The summed E-state index contributed by atoms with van der Waals surface area (Å²) in [5.41, 5.74) is 13.1. The second-order valence-corrected chi connectivity index (χ2v) is 39.9. The molecule has 98 heavy (non-hydrogen) atoms. The monoisotopic (exact) mass is 1320 g/mol. The third kappa shape index (κ3) is 11.7. The lowest BCUT2D eigenvalue weighted by molar-refractivity contribution is 0.00578. The molecule has 1 fully saturated rings. The zero-order valence-corrected chi connectivity index (χ0v) is 60.4. The number of fused-ring (bicyclic) bond motifs is 8. The van der Waals surface area contributed by atoms with E-state index >= 15 is 0 Å². The zero-order chi connectivity index (χ0) is 67.7. The zero-order valence-electron chi connectivity index (χ0n) is 57.6. The highest BCUT2D eigenvalue weighted by molar-refractivity contribution is 6.91. The van der Waals surface area contributed by atoms with Crippen LogP contribution < -0.4 is 15.8 Å². The van der Waals surface area contributed by atoms with E-state index in [0.717, 1.165) is 10.5 Å². The molecule has 1 saturated heterocycles. The number of hydrogen-bond acceptors (Lipinski definition) is 2. The summed E-state index contributed by atoms with van der Waals surface area (Å²) >= 11 is 6.55. The van der Waals surface area contributed by atoms with E-state index in [-0.39, 0.29) is 18.3 Å². The predicted molar refractivity (Wildman–Crippen MR) is 433 cm³/mol. The van der Waals surface area contributed by atoms with Crippen LogP contribution in [0, 0.1) is 0 Å². The molecule has 0 aromatic heterocycles. The van der Waals surface area contributed by atoms with Gasteiger partial charge in [-0.05, 0) is 193 Å². The number of halogens is 1. The van der Waals surface area contributed by atoms with Gasteiger partial charge in [-0.3, -0.25) is 0 Å². The molecule has 0 bridgehead atoms. The Hall–Kier alpha value is -9.69. The summed E-state index contributed by atoms with van der Waals surface area (Å²) in [5.74, 6) is 0. The first-order valence-corrected chi connectivity index (χ1v) is 41.8. The molecule has 0 unspecified atom stereocenters. The Kier molecular flexibility index (Phi) is 16.8. The first-order chi connectivity index (χ1) is 47.3. The molecule has 17 rings (SSSR count). The molecule has 6 heteroatoms. The van der Waals surface area contributed by atoms with Gasteiger partial charge in [0.05, 0.1) is 27.3 Å². The minimum absolute atomic E-state index is 0.305. The maximum atomic E-state index is 6.55. The Balaban J connectivity index is 0.000000127. The normalized spacial score (nSPS) is 13.7. The lowest BCUT2D eigenvalue weighted by Crippen LogP contribution is -2.41. The highest BCUT2D eigenvalue weighted by Gasteiger charge is 2.52. The molecule has 2 nitrogen and oxygen atoms in total. The molecule has 0 N–H and O–H groups in total. The van der Waals surface area contributed by atoms with E-state index in [1.807, 2.05) is 6.07 Å². The fourth-order valence-corrected chi connectivity index (χ4v) is 18.6. The number of benzene rings is 16. The summed E-state index contributed by atoms with van der Waals surface area (Å²) in [7, 11) is -3.22. The summed E-state index contributed by atoms with van der Waals surface area (Å²) in [6.45, 7) is 22.9. The van der Waals surface area contributed by atoms with Gasteiger partial charge in [-0.15, -0.1) is 0 Å². The number of hydrogen-bond donors (Lipinski definition) is 0. The predicted octanol–water partition coefficient (Wildman–Crippen LogP) is 24.7. The van der Waals surface area contributed by atoms with E-state index in [4.69, 9.17) is 20.9 Å². The Morgan fingerprint density at radius 1 is 0.265 bits per heavy atom. The minimum Gasteiger partial charge on any atom is -0.399 e. The van der Waals surface area contributed by atoms with Crippen LogP contribution in [0.4, 0.5) is 0 Å². The topological polar surface area (TPSA) is 18.5 Å². The average molecular weight is 1320 g/mol. The van der Waals surface area contributed by atoms with Crippen molar-refractivity contribution in [2.45, 2.75) is 78.2 Å². The van der Waals surface area contributed by atoms with Crippen LogP contribution in [-0.4, -0.2) is 34.5 Å². The van der Waals surface area contributed by atoms with Crippen LogP contribution >= 0.6 is 11.6 Å². The van der Waals surface area contributed by atoms with Gasteiger partial charge in [0.2, 0.25) is 0 Å². The molecule has 478 valence electrons. The Bertz CT molecular complexity index is 5720. The first-order valence-electron chi connectivity index (χ1n) is 34.4. The summed E-state index contributed by atoms with van der Waals surface area (Å²) in [6, 6.07) is 110. The second-order valence-electron chi connectivity index (χ2n) is 29.4. The van der Waals surface area contributed by atoms with Crippen molar-refractivity contribution in [2.24, 2.45) is 0 Å². The standard InChI is InChI=1S/C43H34Si.C30H19Cl.C19H27BO2Si/c1-44(2,3)41-25-13-22-34-33(21-12-23-35(34)41)31-26-27-39-40(28-31)43(36-24-11-17-29-14-7-8-18-32(29)36)38-20-10-9-19-37(38)42(39)30-15-5-4-6-16-30;31-22-17-18-27-28(19-22)30(24-16-8-12-20-9-4-5-13-23(20)24)26-15-7-6-14-25(26)29(27)21-10-2-1-3-11-21;1-18(2)19(3,4)22-20(21-18)16-12-8-11-15-14(16)10-9-13-17(15)23(5,6)7/h4-28H,1-3H3;1-19H;8-13H,1-7H3. The molecule has 16 aromatic carbocycles. The third-order valence-corrected chi connectivity index (χ3v) is 24.9. The molecule has 0 saturated carbocycles. The molecule has 0 radical (unpaired) electrons. The molecule has 0 amide bonds. The van der Waals surface area contributed by atoms with E-state index in [0.29, 0.717) is 0 Å². The molecule has 1 aliphatic rings. The SMILES string of the molecule is CC1(C)OB(c2cccc3c([Si](C)(C)C)cccc23)OC1(C)C.C[Si](C)(C)c1cccc2c(-c3ccc4c(-c5ccccc5)c5ccccc5c(-c5cccc6ccccc56)c4c3)cccc12.Clc1ccc2c(-c3ccccc3)c3ccccc3c(-c3cccc4ccccc34)c2c1. The van der Waals surface area contributed by atoms with Crippen molar-refractivity contribution in [3.63, 3.8) is 0 Å². The van der Waals surface area contributed by atoms with Crippen LogP contribution in [-0.2, 0) is 9.31 Å². The van der Waals surface area contributed by atoms with E-state index in [1.165, 1.54) is 152 Å². The first kappa shape index (κ1) is 64.3. The molecule has 0 aliphatic carbocycles. The van der Waals surface area contributed by atoms with E-state index in [1.54, 1.807) is 0 Å². The highest BCUT2D eigenvalue weighted by atomic mass is 35.5. The molecule has 0 spiro atoms. The number of rotatable bonds is 8. The van der Waals surface area contributed by atoms with Crippen molar-refractivity contribution < 1.29 is 9.31 Å². The Morgan fingerprint density at radius 3 is 1.11 bits per heavy atom. The molecule has 0 atom stereocenters. The fraction of sp³-hybridized carbons (Fsp3) is 0.130. The maximum absolute atomic E-state index is 6.55. The van der Waals surface area contributed by atoms with E-state index in [2.05, 4.69) is 364 Å². The van der Waals surface area contributed by atoms with Gasteiger partial charge in [-0.2, -0.15) is 0 Å². The van der Waals surface area contributed by atoms with Gasteiger partial charge in [0.25, 0.3) is 0 Å². The fourth-order valence-electron chi connectivity index (χ4n) is 15.2. The molecule has 1 heterocycles. The smallest absolute Gasteiger partial charge is 0.399 e. The lowest BCUT2D eigenvalue weighted by Gasteiger charge is -2.32.